The van der Waals surface area contributed by atoms with E-state index in [0.29, 0.717) is 18.7 Å². The summed E-state index contributed by atoms with van der Waals surface area (Å²) in [6, 6.07) is 3.82. The van der Waals surface area contributed by atoms with Gasteiger partial charge in [-0.1, -0.05) is 19.9 Å². The van der Waals surface area contributed by atoms with Crippen molar-refractivity contribution in [3.8, 4) is 0 Å². The summed E-state index contributed by atoms with van der Waals surface area (Å²) < 4.78 is 26.3. The van der Waals surface area contributed by atoms with E-state index in [-0.39, 0.29) is 23.9 Å². The van der Waals surface area contributed by atoms with Crippen molar-refractivity contribution in [2.24, 2.45) is 5.92 Å². The first-order valence-electron chi connectivity index (χ1n) is 6.89. The molecule has 1 unspecified atom stereocenters. The van der Waals surface area contributed by atoms with Crippen LogP contribution in [0.3, 0.4) is 0 Å². The SMILES string of the molecule is CC(C)C(=O)N1CC(c2ccc(F)c(F)c2)NC[C@H]1C. The normalized spacial score (nSPS) is 23.2. The van der Waals surface area contributed by atoms with E-state index < -0.39 is 11.6 Å². The van der Waals surface area contributed by atoms with Crippen molar-refractivity contribution >= 4 is 5.91 Å². The van der Waals surface area contributed by atoms with Crippen LogP contribution in [0.15, 0.2) is 18.2 Å². The Morgan fingerprint density at radius 3 is 2.65 bits per heavy atom. The van der Waals surface area contributed by atoms with Crippen LogP contribution in [-0.4, -0.2) is 29.9 Å². The van der Waals surface area contributed by atoms with E-state index in [4.69, 9.17) is 0 Å². The zero-order chi connectivity index (χ0) is 14.9. The van der Waals surface area contributed by atoms with Crippen LogP contribution in [0.1, 0.15) is 32.4 Å². The van der Waals surface area contributed by atoms with E-state index in [9.17, 15) is 13.6 Å². The van der Waals surface area contributed by atoms with Crippen LogP contribution in [0.2, 0.25) is 0 Å². The van der Waals surface area contributed by atoms with Gasteiger partial charge in [-0.25, -0.2) is 8.78 Å². The second-order valence-corrected chi connectivity index (χ2v) is 5.63. The third kappa shape index (κ3) is 2.98. The van der Waals surface area contributed by atoms with Gasteiger partial charge in [0.1, 0.15) is 0 Å². The average molecular weight is 282 g/mol. The van der Waals surface area contributed by atoms with E-state index in [1.807, 2.05) is 25.7 Å². The third-order valence-corrected chi connectivity index (χ3v) is 3.69. The van der Waals surface area contributed by atoms with E-state index in [2.05, 4.69) is 5.32 Å². The lowest BCUT2D eigenvalue weighted by Gasteiger charge is -2.40. The van der Waals surface area contributed by atoms with E-state index in [0.717, 1.165) is 6.07 Å². The lowest BCUT2D eigenvalue weighted by atomic mass is 10.0. The van der Waals surface area contributed by atoms with Gasteiger partial charge >= 0.3 is 0 Å². The predicted molar refractivity (Wildman–Crippen MR) is 73.1 cm³/mol. The molecule has 1 saturated heterocycles. The molecule has 110 valence electrons. The zero-order valence-corrected chi connectivity index (χ0v) is 12.0. The van der Waals surface area contributed by atoms with Gasteiger partial charge in [0.2, 0.25) is 5.91 Å². The first-order valence-corrected chi connectivity index (χ1v) is 6.89. The first kappa shape index (κ1) is 14.9. The number of nitrogens with zero attached hydrogens (tertiary/aromatic N) is 1. The zero-order valence-electron chi connectivity index (χ0n) is 12.0. The standard InChI is InChI=1S/C15H20F2N2O/c1-9(2)15(20)19-8-14(18-7-10(19)3)11-4-5-12(16)13(17)6-11/h4-6,9-10,14,18H,7-8H2,1-3H3/t10-,14?/m1/s1. The number of rotatable bonds is 2. The van der Waals surface area contributed by atoms with Crippen molar-refractivity contribution in [1.29, 1.82) is 0 Å². The van der Waals surface area contributed by atoms with Gasteiger partial charge in [0.25, 0.3) is 0 Å². The van der Waals surface area contributed by atoms with Crippen LogP contribution < -0.4 is 5.32 Å². The Morgan fingerprint density at radius 1 is 1.35 bits per heavy atom. The lowest BCUT2D eigenvalue weighted by Crippen LogP contribution is -2.54. The molecular formula is C15H20F2N2O. The summed E-state index contributed by atoms with van der Waals surface area (Å²) in [6.07, 6.45) is 0. The number of nitrogens with one attached hydrogen (secondary N) is 1. The highest BCUT2D eigenvalue weighted by atomic mass is 19.2. The van der Waals surface area contributed by atoms with Crippen molar-refractivity contribution in [3.63, 3.8) is 0 Å². The molecule has 1 amide bonds. The lowest BCUT2D eigenvalue weighted by molar-refractivity contribution is -0.138. The smallest absolute Gasteiger partial charge is 0.225 e. The highest BCUT2D eigenvalue weighted by molar-refractivity contribution is 5.78. The monoisotopic (exact) mass is 282 g/mol. The fourth-order valence-electron chi connectivity index (χ4n) is 2.46. The van der Waals surface area contributed by atoms with E-state index in [1.54, 1.807) is 6.07 Å². The molecule has 3 nitrogen and oxygen atoms in total. The Kier molecular flexibility index (Phi) is 4.38. The highest BCUT2D eigenvalue weighted by Gasteiger charge is 2.30. The minimum absolute atomic E-state index is 0.0684. The molecule has 2 rings (SSSR count). The van der Waals surface area contributed by atoms with Crippen molar-refractivity contribution in [2.45, 2.75) is 32.9 Å². The number of halogens is 2. The van der Waals surface area contributed by atoms with E-state index in [1.165, 1.54) is 6.07 Å². The number of hydrogen-bond acceptors (Lipinski definition) is 2. The summed E-state index contributed by atoms with van der Waals surface area (Å²) in [4.78, 5) is 14.0. The molecule has 1 aliphatic rings. The summed E-state index contributed by atoms with van der Waals surface area (Å²) in [5, 5.41) is 3.27. The van der Waals surface area contributed by atoms with Gasteiger partial charge in [-0.15, -0.1) is 0 Å². The van der Waals surface area contributed by atoms with Crippen LogP contribution >= 0.6 is 0 Å². The number of carbonyl (C=O) groups excluding carboxylic acids is 1. The molecule has 0 spiro atoms. The number of carbonyl (C=O) groups is 1. The fourth-order valence-corrected chi connectivity index (χ4v) is 2.46. The Bertz CT molecular complexity index is 505. The average Bonchev–Trinajstić information content (AvgIpc) is 2.41. The van der Waals surface area contributed by atoms with Gasteiger partial charge in [-0.3, -0.25) is 4.79 Å². The maximum absolute atomic E-state index is 13.3. The quantitative estimate of drug-likeness (QED) is 0.904. The molecule has 2 atom stereocenters. The minimum atomic E-state index is -0.857. The van der Waals surface area contributed by atoms with Crippen molar-refractivity contribution in [2.75, 3.05) is 13.1 Å². The van der Waals surface area contributed by atoms with Gasteiger partial charge in [0.15, 0.2) is 11.6 Å². The van der Waals surface area contributed by atoms with Crippen LogP contribution in [0.5, 0.6) is 0 Å². The Hall–Kier alpha value is -1.49. The second-order valence-electron chi connectivity index (χ2n) is 5.63. The molecule has 0 saturated carbocycles. The van der Waals surface area contributed by atoms with E-state index >= 15 is 0 Å². The largest absolute Gasteiger partial charge is 0.337 e. The molecule has 1 aromatic carbocycles. The Morgan fingerprint density at radius 2 is 2.05 bits per heavy atom. The molecule has 0 radical (unpaired) electrons. The molecule has 0 aliphatic carbocycles. The third-order valence-electron chi connectivity index (χ3n) is 3.69. The molecular weight excluding hydrogens is 262 g/mol. The second kappa shape index (κ2) is 5.87. The van der Waals surface area contributed by atoms with Gasteiger partial charge in [0.05, 0.1) is 6.04 Å². The molecule has 0 aromatic heterocycles. The molecule has 1 aromatic rings. The number of amides is 1. The summed E-state index contributed by atoms with van der Waals surface area (Å²) in [6.45, 7) is 6.83. The van der Waals surface area contributed by atoms with Crippen molar-refractivity contribution in [3.05, 3.63) is 35.4 Å². The van der Waals surface area contributed by atoms with Crippen LogP contribution in [0.25, 0.3) is 0 Å². The summed E-state index contributed by atoms with van der Waals surface area (Å²) in [5.74, 6) is -1.69. The van der Waals surface area contributed by atoms with Crippen molar-refractivity contribution < 1.29 is 13.6 Å². The highest BCUT2D eigenvalue weighted by Crippen LogP contribution is 2.22. The molecule has 1 heterocycles. The minimum Gasteiger partial charge on any atom is -0.337 e. The number of piperazine rings is 1. The van der Waals surface area contributed by atoms with Gasteiger partial charge in [-0.2, -0.15) is 0 Å². The van der Waals surface area contributed by atoms with Crippen molar-refractivity contribution in [1.82, 2.24) is 10.2 Å². The van der Waals surface area contributed by atoms with Crippen LogP contribution in [0.4, 0.5) is 8.78 Å². The van der Waals surface area contributed by atoms with Gasteiger partial charge in [0, 0.05) is 25.0 Å². The van der Waals surface area contributed by atoms with Crippen LogP contribution in [-0.2, 0) is 4.79 Å². The molecule has 1 N–H and O–H groups in total. The van der Waals surface area contributed by atoms with Crippen LogP contribution in [0, 0.1) is 17.6 Å². The molecule has 20 heavy (non-hydrogen) atoms. The Balaban J connectivity index is 2.18. The maximum Gasteiger partial charge on any atom is 0.225 e. The molecule has 1 aliphatic heterocycles. The number of hydrogen-bond donors (Lipinski definition) is 1. The molecule has 5 heteroatoms. The predicted octanol–water partition coefficient (Wildman–Crippen LogP) is 2.48. The van der Waals surface area contributed by atoms with Gasteiger partial charge in [-0.05, 0) is 24.6 Å². The summed E-state index contributed by atoms with van der Waals surface area (Å²) >= 11 is 0. The molecule has 0 bridgehead atoms. The Labute approximate surface area is 118 Å². The topological polar surface area (TPSA) is 32.3 Å². The first-order chi connectivity index (χ1) is 9.40. The fraction of sp³-hybridized carbons (Fsp3) is 0.533. The maximum atomic E-state index is 13.3. The summed E-state index contributed by atoms with van der Waals surface area (Å²) in [5.41, 5.74) is 0.664. The summed E-state index contributed by atoms with van der Waals surface area (Å²) in [7, 11) is 0. The molecule has 1 fully saturated rings. The number of benzene rings is 1. The van der Waals surface area contributed by atoms with Gasteiger partial charge < -0.3 is 10.2 Å².